The van der Waals surface area contributed by atoms with E-state index in [1.165, 1.54) is 116 Å². The maximum atomic E-state index is 9.34. The Kier molecular flexibility index (Phi) is 38.6. The van der Waals surface area contributed by atoms with Crippen molar-refractivity contribution in [3.05, 3.63) is 0 Å². The van der Waals surface area contributed by atoms with E-state index in [9.17, 15) is 23.2 Å². The highest BCUT2D eigenvalue weighted by molar-refractivity contribution is 7.80. The Morgan fingerprint density at radius 1 is 0.551 bits per heavy atom. The molecule has 0 aromatic rings. The number of hydrogen-bond donors (Lipinski definition) is 2. The van der Waals surface area contributed by atoms with Gasteiger partial charge in [0.15, 0.2) is 0 Å². The first-order chi connectivity index (χ1) is 23.5. The van der Waals surface area contributed by atoms with Gasteiger partial charge in [0.05, 0.1) is 60.8 Å². The predicted molar refractivity (Wildman–Crippen MR) is 198 cm³/mol. The lowest BCUT2D eigenvalue weighted by atomic mass is 10.1. The zero-order chi connectivity index (χ0) is 36.9. The number of aliphatic hydroxyl groups excluding tert-OH is 2. The molecule has 0 rings (SSSR count). The fourth-order valence-corrected chi connectivity index (χ4v) is 5.74. The third-order valence-corrected chi connectivity index (χ3v) is 8.79. The maximum Gasteiger partial charge on any atom is 0.217 e. The van der Waals surface area contributed by atoms with Crippen LogP contribution in [0.4, 0.5) is 0 Å². The molecule has 0 saturated carbocycles. The normalized spacial score (nSPS) is 13.3. The molecule has 12 heteroatoms. The summed E-state index contributed by atoms with van der Waals surface area (Å²) in [4.78, 5) is 0. The van der Waals surface area contributed by atoms with Crippen LogP contribution < -0.4 is 0 Å². The molecule has 11 nitrogen and oxygen atoms in total. The minimum absolute atomic E-state index is 0.0113. The van der Waals surface area contributed by atoms with Crippen LogP contribution in [0.15, 0.2) is 0 Å². The molecular weight excluding hydrogens is 650 g/mol. The second-order valence-electron chi connectivity index (χ2n) is 13.8. The number of quaternary nitrogens is 1. The minimum Gasteiger partial charge on any atom is -0.726 e. The molecule has 0 saturated heterocycles. The van der Waals surface area contributed by atoms with Gasteiger partial charge in [-0.15, -0.1) is 0 Å². The molecule has 49 heavy (non-hydrogen) atoms. The number of aliphatic hydroxyl groups is 2. The van der Waals surface area contributed by atoms with Gasteiger partial charge in [-0.3, -0.25) is 4.18 Å². The molecule has 0 aliphatic rings. The SMILES string of the molecule is CCCCCCCCCCCCOCC(C[N+](C)(C)CC(COCCCCCCCCCCCC)OCCO)OCCO.COS(=O)(=O)[O-]. The van der Waals surface area contributed by atoms with Crippen molar-refractivity contribution >= 4 is 10.4 Å². The van der Waals surface area contributed by atoms with E-state index in [1.807, 2.05) is 0 Å². The highest BCUT2D eigenvalue weighted by Crippen LogP contribution is 2.13. The summed E-state index contributed by atoms with van der Waals surface area (Å²) < 4.78 is 55.7. The van der Waals surface area contributed by atoms with Crippen LogP contribution in [0.5, 0.6) is 0 Å². The van der Waals surface area contributed by atoms with Gasteiger partial charge in [-0.25, -0.2) is 8.42 Å². The van der Waals surface area contributed by atoms with Crippen LogP contribution in [0.25, 0.3) is 0 Å². The molecule has 0 aliphatic carbocycles. The highest BCUT2D eigenvalue weighted by Gasteiger charge is 2.27. The van der Waals surface area contributed by atoms with E-state index in [-0.39, 0.29) is 25.4 Å². The van der Waals surface area contributed by atoms with Gasteiger partial charge in [0.25, 0.3) is 0 Å². The first-order valence-electron chi connectivity index (χ1n) is 19.5. The van der Waals surface area contributed by atoms with Crippen LogP contribution in [0.1, 0.15) is 142 Å². The van der Waals surface area contributed by atoms with E-state index in [4.69, 9.17) is 18.9 Å². The lowest BCUT2D eigenvalue weighted by Crippen LogP contribution is -2.52. The minimum atomic E-state index is -4.41. The van der Waals surface area contributed by atoms with Crippen molar-refractivity contribution in [1.82, 2.24) is 0 Å². The monoisotopic (exact) mass is 730 g/mol. The van der Waals surface area contributed by atoms with Crippen molar-refractivity contribution in [2.24, 2.45) is 0 Å². The summed E-state index contributed by atoms with van der Waals surface area (Å²) in [6.45, 7) is 9.32. The van der Waals surface area contributed by atoms with Crippen molar-refractivity contribution in [2.45, 2.75) is 154 Å². The molecule has 0 fully saturated rings. The van der Waals surface area contributed by atoms with Crippen molar-refractivity contribution in [3.63, 3.8) is 0 Å². The maximum absolute atomic E-state index is 9.34. The lowest BCUT2D eigenvalue weighted by Gasteiger charge is -2.36. The molecule has 2 unspecified atom stereocenters. The molecular formula is C37H79NO10S. The van der Waals surface area contributed by atoms with Crippen molar-refractivity contribution in [3.8, 4) is 0 Å². The number of unbranched alkanes of at least 4 members (excludes halogenated alkanes) is 18. The van der Waals surface area contributed by atoms with Gasteiger partial charge in [-0.1, -0.05) is 129 Å². The van der Waals surface area contributed by atoms with E-state index in [0.717, 1.165) is 46.3 Å². The smallest absolute Gasteiger partial charge is 0.217 e. The van der Waals surface area contributed by atoms with Gasteiger partial charge in [-0.2, -0.15) is 0 Å². The van der Waals surface area contributed by atoms with E-state index in [1.54, 1.807) is 0 Å². The standard InChI is InChI=1S/C36H76NO6.CH4O4S/c1-5-7-9-11-13-15-17-19-21-23-27-40-33-35(42-29-25-38)31-37(3,4)32-36(43-30-26-39)34-41-28-24-22-20-18-16-14-12-10-8-6-2;1-5-6(2,3)4/h35-36,38-39H,5-34H2,1-4H3;1H3,(H,2,3,4)/q+1;/p-1. The average Bonchev–Trinajstić information content (AvgIpc) is 3.06. The van der Waals surface area contributed by atoms with Gasteiger partial charge in [0.1, 0.15) is 25.3 Å². The molecule has 2 atom stereocenters. The number of nitrogens with zero attached hydrogens (tertiary/aromatic N) is 1. The van der Waals surface area contributed by atoms with Crippen molar-refractivity contribution in [2.75, 3.05) is 87.1 Å². The molecule has 298 valence electrons. The Morgan fingerprint density at radius 2 is 0.837 bits per heavy atom. The molecule has 0 radical (unpaired) electrons. The summed E-state index contributed by atoms with van der Waals surface area (Å²) in [6.07, 6.45) is 26.2. The third kappa shape index (κ3) is 41.9. The van der Waals surface area contributed by atoms with E-state index < -0.39 is 10.4 Å². The molecule has 0 aromatic heterocycles. The van der Waals surface area contributed by atoms with Crippen molar-refractivity contribution < 1.29 is 50.8 Å². The van der Waals surface area contributed by atoms with Gasteiger partial charge >= 0.3 is 0 Å². The van der Waals surface area contributed by atoms with E-state index >= 15 is 0 Å². The summed E-state index contributed by atoms with van der Waals surface area (Å²) in [7, 11) is 0.747. The second kappa shape index (κ2) is 37.4. The fraction of sp³-hybridized carbons (Fsp3) is 1.00. The first kappa shape index (κ1) is 50.7. The second-order valence-corrected chi connectivity index (χ2v) is 15.0. The Hall–Kier alpha value is -0.410. The quantitative estimate of drug-likeness (QED) is 0.0304. The Labute approximate surface area is 302 Å². The Morgan fingerprint density at radius 3 is 1.10 bits per heavy atom. The van der Waals surface area contributed by atoms with Crippen LogP contribution in [-0.2, 0) is 33.5 Å². The Balaban J connectivity index is 0. The summed E-state index contributed by atoms with van der Waals surface area (Å²) in [5.41, 5.74) is 0. The number of rotatable bonds is 37. The van der Waals surface area contributed by atoms with E-state index in [2.05, 4.69) is 32.1 Å². The van der Waals surface area contributed by atoms with Gasteiger partial charge < -0.3 is 38.2 Å². The summed E-state index contributed by atoms with van der Waals surface area (Å²) in [5.74, 6) is 0. The highest BCUT2D eigenvalue weighted by atomic mass is 32.3. The number of likely N-dealkylation sites (N-methyl/N-ethyl adjacent to an activating group) is 1. The van der Waals surface area contributed by atoms with Crippen LogP contribution >= 0.6 is 0 Å². The number of ether oxygens (including phenoxy) is 4. The molecule has 0 bridgehead atoms. The third-order valence-electron chi connectivity index (χ3n) is 8.38. The lowest BCUT2D eigenvalue weighted by molar-refractivity contribution is -0.896. The van der Waals surface area contributed by atoms with Crippen LogP contribution in [0.3, 0.4) is 0 Å². The van der Waals surface area contributed by atoms with Crippen LogP contribution in [-0.4, -0.2) is 127 Å². The predicted octanol–water partition coefficient (Wildman–Crippen LogP) is 6.79. The fourth-order valence-electron chi connectivity index (χ4n) is 5.74. The molecule has 0 spiro atoms. The summed E-state index contributed by atoms with van der Waals surface area (Å²) >= 11 is 0. The zero-order valence-corrected chi connectivity index (χ0v) is 33.2. The zero-order valence-electron chi connectivity index (χ0n) is 32.4. The average molecular weight is 730 g/mol. The molecule has 0 amide bonds. The van der Waals surface area contributed by atoms with Gasteiger partial charge in [0.2, 0.25) is 10.4 Å². The first-order valence-corrected chi connectivity index (χ1v) is 20.8. The van der Waals surface area contributed by atoms with Crippen LogP contribution in [0.2, 0.25) is 0 Å². The molecule has 0 aliphatic heterocycles. The van der Waals surface area contributed by atoms with E-state index in [0.29, 0.717) is 30.9 Å². The summed E-state index contributed by atoms with van der Waals surface area (Å²) in [6, 6.07) is 0. The topological polar surface area (TPSA) is 144 Å². The largest absolute Gasteiger partial charge is 0.726 e. The Bertz CT molecular complexity index is 713. The van der Waals surface area contributed by atoms with Crippen molar-refractivity contribution in [1.29, 1.82) is 0 Å². The number of hydrogen-bond acceptors (Lipinski definition) is 10. The molecule has 0 heterocycles. The molecule has 0 aromatic carbocycles. The summed E-state index contributed by atoms with van der Waals surface area (Å²) in [5, 5.41) is 18.7. The van der Waals surface area contributed by atoms with Gasteiger partial charge in [0, 0.05) is 13.2 Å². The van der Waals surface area contributed by atoms with Crippen LogP contribution in [0, 0.1) is 0 Å². The van der Waals surface area contributed by atoms with Gasteiger partial charge in [-0.05, 0) is 12.8 Å². The molecule has 2 N–H and O–H groups in total.